The van der Waals surface area contributed by atoms with Crippen LogP contribution in [0.25, 0.3) is 10.8 Å². The summed E-state index contributed by atoms with van der Waals surface area (Å²) in [5.41, 5.74) is -1.18. The van der Waals surface area contributed by atoms with Crippen LogP contribution in [-0.4, -0.2) is 26.6 Å². The lowest BCUT2D eigenvalue weighted by molar-refractivity contribution is -0.390. The lowest BCUT2D eigenvalue weighted by Gasteiger charge is -2.26. The van der Waals surface area contributed by atoms with E-state index in [2.05, 4.69) is 4.98 Å². The van der Waals surface area contributed by atoms with Crippen LogP contribution in [0, 0.1) is 20.2 Å². The molecule has 27 heavy (non-hydrogen) atoms. The lowest BCUT2D eigenvalue weighted by Crippen LogP contribution is -2.41. The van der Waals surface area contributed by atoms with Crippen molar-refractivity contribution in [1.29, 1.82) is 0 Å². The van der Waals surface area contributed by atoms with E-state index < -0.39 is 33.0 Å². The molecule has 10 heteroatoms. The Morgan fingerprint density at radius 1 is 0.778 bits per heavy atom. The van der Waals surface area contributed by atoms with Gasteiger partial charge in [-0.3, -0.25) is 29.8 Å². The molecule has 0 saturated carbocycles. The van der Waals surface area contributed by atoms with Crippen LogP contribution in [0.3, 0.4) is 0 Å². The van der Waals surface area contributed by atoms with Crippen molar-refractivity contribution in [2.45, 2.75) is 0 Å². The fourth-order valence-corrected chi connectivity index (χ4v) is 3.15. The zero-order valence-electron chi connectivity index (χ0n) is 13.4. The van der Waals surface area contributed by atoms with Crippen LogP contribution in [0.15, 0.2) is 48.7 Å². The summed E-state index contributed by atoms with van der Waals surface area (Å²) >= 11 is 0. The number of rotatable bonds is 3. The number of nitro groups is 2. The number of hydrogen-bond donors (Lipinski definition) is 0. The fraction of sp³-hybridized carbons (Fsp3) is 0. The van der Waals surface area contributed by atoms with Crippen molar-refractivity contribution in [2.75, 3.05) is 4.90 Å². The molecule has 0 radical (unpaired) electrons. The van der Waals surface area contributed by atoms with Gasteiger partial charge >= 0.3 is 0 Å². The topological polar surface area (TPSA) is 137 Å². The Labute approximate surface area is 150 Å². The smallest absolute Gasteiger partial charge is 0.268 e. The third-order valence-corrected chi connectivity index (χ3v) is 4.26. The molecule has 0 bridgehead atoms. The first kappa shape index (κ1) is 16.3. The minimum absolute atomic E-state index is 0.0421. The number of benzene rings is 2. The summed E-state index contributed by atoms with van der Waals surface area (Å²) in [6.45, 7) is 0. The van der Waals surface area contributed by atoms with Crippen LogP contribution in [0.1, 0.15) is 20.7 Å². The molecule has 0 unspecified atom stereocenters. The number of carbonyl (C=O) groups excluding carboxylic acids is 2. The highest BCUT2D eigenvalue weighted by Crippen LogP contribution is 2.41. The van der Waals surface area contributed by atoms with Gasteiger partial charge in [-0.2, -0.15) is 0 Å². The number of aromatic nitrogens is 1. The standard InChI is InChI=1S/C17H8N4O6/c22-16-9-4-6-11(20(24)25)15-12(21(26)27)7-5-10(14(9)15)17(23)19(16)13-3-1-2-8-18-13/h1-8H. The van der Waals surface area contributed by atoms with Crippen molar-refractivity contribution in [3.63, 3.8) is 0 Å². The Hall–Kier alpha value is -4.21. The van der Waals surface area contributed by atoms with Gasteiger partial charge in [-0.05, 0) is 24.3 Å². The van der Waals surface area contributed by atoms with Crippen LogP contribution >= 0.6 is 0 Å². The highest BCUT2D eigenvalue weighted by molar-refractivity contribution is 6.36. The Morgan fingerprint density at radius 2 is 1.33 bits per heavy atom. The van der Waals surface area contributed by atoms with Crippen molar-refractivity contribution in [3.05, 3.63) is 80.0 Å². The largest absolute Gasteiger partial charge is 0.284 e. The summed E-state index contributed by atoms with van der Waals surface area (Å²) in [5, 5.41) is 22.3. The predicted octanol–water partition coefficient (Wildman–Crippen LogP) is 2.85. The van der Waals surface area contributed by atoms with Crippen LogP contribution in [0.4, 0.5) is 17.2 Å². The second-order valence-electron chi connectivity index (χ2n) is 5.66. The van der Waals surface area contributed by atoms with Crippen LogP contribution in [0.2, 0.25) is 0 Å². The second kappa shape index (κ2) is 5.66. The maximum atomic E-state index is 12.9. The third kappa shape index (κ3) is 2.24. The molecular weight excluding hydrogens is 356 g/mol. The quantitative estimate of drug-likeness (QED) is 0.396. The number of non-ortho nitro benzene ring substituents is 2. The first-order valence-electron chi connectivity index (χ1n) is 7.60. The molecular formula is C17H8N4O6. The van der Waals surface area contributed by atoms with Crippen LogP contribution < -0.4 is 4.90 Å². The molecule has 0 fully saturated rings. The lowest BCUT2D eigenvalue weighted by atomic mass is 9.92. The minimum atomic E-state index is -0.782. The molecule has 2 heterocycles. The number of carbonyl (C=O) groups is 2. The Balaban J connectivity index is 2.09. The molecule has 1 aliphatic heterocycles. The Bertz CT molecular complexity index is 1110. The number of amides is 2. The van der Waals surface area contributed by atoms with E-state index in [0.717, 1.165) is 17.0 Å². The normalized spacial score (nSPS) is 13.1. The summed E-state index contributed by atoms with van der Waals surface area (Å²) < 4.78 is 0. The zero-order chi connectivity index (χ0) is 19.3. The molecule has 2 aromatic carbocycles. The molecule has 0 spiro atoms. The third-order valence-electron chi connectivity index (χ3n) is 4.26. The van der Waals surface area contributed by atoms with Crippen molar-refractivity contribution in [2.24, 2.45) is 0 Å². The summed E-state index contributed by atoms with van der Waals surface area (Å²) in [7, 11) is 0. The molecule has 1 aromatic heterocycles. The van der Waals surface area contributed by atoms with E-state index in [1.54, 1.807) is 12.1 Å². The van der Waals surface area contributed by atoms with Gasteiger partial charge < -0.3 is 0 Å². The molecule has 4 rings (SSSR count). The van der Waals surface area contributed by atoms with Crippen molar-refractivity contribution < 1.29 is 19.4 Å². The summed E-state index contributed by atoms with van der Waals surface area (Å²) in [5.74, 6) is -1.43. The van der Waals surface area contributed by atoms with E-state index in [4.69, 9.17) is 0 Å². The number of anilines is 1. The Kier molecular flexibility index (Phi) is 3.41. The highest BCUT2D eigenvalue weighted by Gasteiger charge is 2.38. The number of nitro benzene ring substituents is 2. The number of imide groups is 1. The fourth-order valence-electron chi connectivity index (χ4n) is 3.15. The summed E-state index contributed by atoms with van der Waals surface area (Å²) in [4.78, 5) is 51.8. The monoisotopic (exact) mass is 364 g/mol. The van der Waals surface area contributed by atoms with Gasteiger partial charge in [0.1, 0.15) is 11.2 Å². The van der Waals surface area contributed by atoms with Gasteiger partial charge in [0.2, 0.25) is 0 Å². The molecule has 0 N–H and O–H groups in total. The SMILES string of the molecule is O=C1c2ccc([N+](=O)[O-])c3c([N+](=O)[O-])ccc(c23)C(=O)N1c1ccccn1. The zero-order valence-corrected chi connectivity index (χ0v) is 13.4. The molecule has 0 saturated heterocycles. The molecule has 0 atom stereocenters. The summed E-state index contributed by atoms with van der Waals surface area (Å²) in [6.07, 6.45) is 1.41. The molecule has 2 amide bonds. The second-order valence-corrected chi connectivity index (χ2v) is 5.66. The van der Waals surface area contributed by atoms with E-state index in [0.29, 0.717) is 0 Å². The van der Waals surface area contributed by atoms with E-state index in [1.807, 2.05) is 0 Å². The van der Waals surface area contributed by atoms with Crippen LogP contribution in [0.5, 0.6) is 0 Å². The number of pyridine rings is 1. The van der Waals surface area contributed by atoms with E-state index >= 15 is 0 Å². The van der Waals surface area contributed by atoms with E-state index in [-0.39, 0.29) is 27.7 Å². The molecule has 3 aromatic rings. The molecule has 10 nitrogen and oxygen atoms in total. The van der Waals surface area contributed by atoms with Crippen LogP contribution in [-0.2, 0) is 0 Å². The summed E-state index contributed by atoms with van der Waals surface area (Å²) in [6, 6.07) is 9.12. The first-order valence-corrected chi connectivity index (χ1v) is 7.60. The first-order chi connectivity index (χ1) is 12.9. The Morgan fingerprint density at radius 3 is 1.78 bits per heavy atom. The highest BCUT2D eigenvalue weighted by atomic mass is 16.6. The minimum Gasteiger partial charge on any atom is -0.268 e. The molecule has 132 valence electrons. The van der Waals surface area contributed by atoms with Crippen molar-refractivity contribution in [1.82, 2.24) is 4.98 Å². The van der Waals surface area contributed by atoms with Gasteiger partial charge in [0.15, 0.2) is 0 Å². The number of hydrogen-bond acceptors (Lipinski definition) is 7. The van der Waals surface area contributed by atoms with E-state index in [1.165, 1.54) is 24.4 Å². The van der Waals surface area contributed by atoms with Gasteiger partial charge in [-0.1, -0.05) is 6.07 Å². The van der Waals surface area contributed by atoms with Gasteiger partial charge in [-0.15, -0.1) is 0 Å². The number of nitrogens with zero attached hydrogens (tertiary/aromatic N) is 4. The average molecular weight is 364 g/mol. The molecule has 0 aliphatic carbocycles. The van der Waals surface area contributed by atoms with Crippen molar-refractivity contribution in [3.8, 4) is 0 Å². The average Bonchev–Trinajstić information content (AvgIpc) is 2.65. The van der Waals surface area contributed by atoms with Gasteiger partial charge in [-0.25, -0.2) is 9.88 Å². The van der Waals surface area contributed by atoms with Gasteiger partial charge in [0.05, 0.1) is 9.85 Å². The molecule has 1 aliphatic rings. The van der Waals surface area contributed by atoms with Gasteiger partial charge in [0.25, 0.3) is 23.2 Å². The maximum absolute atomic E-state index is 12.9. The van der Waals surface area contributed by atoms with Gasteiger partial charge in [0, 0.05) is 34.8 Å². The van der Waals surface area contributed by atoms with Crippen molar-refractivity contribution >= 4 is 39.8 Å². The van der Waals surface area contributed by atoms with E-state index in [9.17, 15) is 29.8 Å². The predicted molar refractivity (Wildman–Crippen MR) is 92.6 cm³/mol. The maximum Gasteiger partial charge on any atom is 0.284 e.